The van der Waals surface area contributed by atoms with E-state index in [1.165, 1.54) is 12.3 Å². The fraction of sp³-hybridized carbons (Fsp3) is 0.0667. The number of halogens is 3. The summed E-state index contributed by atoms with van der Waals surface area (Å²) in [6.45, 7) is -0.198. The molecule has 0 bridgehead atoms. The fourth-order valence-electron chi connectivity index (χ4n) is 1.81. The van der Waals surface area contributed by atoms with Crippen molar-refractivity contribution in [2.24, 2.45) is 0 Å². The van der Waals surface area contributed by atoms with E-state index in [2.05, 4.69) is 15.1 Å². The van der Waals surface area contributed by atoms with Gasteiger partial charge >= 0.3 is 5.97 Å². The first kappa shape index (κ1) is 16.7. The Morgan fingerprint density at radius 1 is 1.17 bits per heavy atom. The average molecular weight is 385 g/mol. The number of carbonyl (C=O) groups is 1. The van der Waals surface area contributed by atoms with Gasteiger partial charge in [0.25, 0.3) is 5.89 Å². The number of hydrogen-bond acceptors (Lipinski definition) is 6. The second kappa shape index (κ2) is 7.17. The van der Waals surface area contributed by atoms with Gasteiger partial charge in [-0.3, -0.25) is 0 Å². The van der Waals surface area contributed by atoms with E-state index in [0.29, 0.717) is 16.4 Å². The Balaban J connectivity index is 1.68. The summed E-state index contributed by atoms with van der Waals surface area (Å²) in [5.41, 5.74) is 0.782. The predicted molar refractivity (Wildman–Crippen MR) is 88.1 cm³/mol. The predicted octanol–water partition coefficient (Wildman–Crippen LogP) is 4.45. The Morgan fingerprint density at radius 3 is 2.71 bits per heavy atom. The summed E-state index contributed by atoms with van der Waals surface area (Å²) in [4.78, 5) is 19.8. The highest BCUT2D eigenvalue weighted by Gasteiger charge is 2.15. The van der Waals surface area contributed by atoms with Crippen molar-refractivity contribution in [2.75, 3.05) is 0 Å². The number of hydrogen-bond donors (Lipinski definition) is 0. The molecule has 3 rings (SSSR count). The summed E-state index contributed by atoms with van der Waals surface area (Å²) in [6.07, 6.45) is 1.26. The van der Waals surface area contributed by atoms with Crippen molar-refractivity contribution in [3.05, 3.63) is 63.2 Å². The molecule has 0 fully saturated rings. The first-order valence-electron chi connectivity index (χ1n) is 6.60. The van der Waals surface area contributed by atoms with Crippen LogP contribution in [0.25, 0.3) is 11.4 Å². The van der Waals surface area contributed by atoms with Gasteiger partial charge in [0.05, 0.1) is 15.6 Å². The molecule has 0 N–H and O–H groups in total. The number of pyridine rings is 1. The van der Waals surface area contributed by atoms with Crippen molar-refractivity contribution in [2.45, 2.75) is 6.61 Å². The third-order valence-electron chi connectivity index (χ3n) is 2.94. The molecule has 3 aromatic rings. The van der Waals surface area contributed by atoms with Gasteiger partial charge in [-0.25, -0.2) is 9.78 Å². The largest absolute Gasteiger partial charge is 0.452 e. The molecule has 0 spiro atoms. The van der Waals surface area contributed by atoms with Gasteiger partial charge in [0, 0.05) is 11.8 Å². The minimum Gasteiger partial charge on any atom is -0.452 e. The highest BCUT2D eigenvalue weighted by molar-refractivity contribution is 6.41. The molecule has 0 aliphatic heterocycles. The number of esters is 1. The van der Waals surface area contributed by atoms with Crippen LogP contribution in [0, 0.1) is 0 Å². The van der Waals surface area contributed by atoms with Crippen molar-refractivity contribution in [3.8, 4) is 11.4 Å². The normalized spacial score (nSPS) is 10.6. The Kier molecular flexibility index (Phi) is 4.99. The van der Waals surface area contributed by atoms with E-state index < -0.39 is 5.97 Å². The lowest BCUT2D eigenvalue weighted by atomic mass is 10.2. The van der Waals surface area contributed by atoms with Gasteiger partial charge in [0.2, 0.25) is 5.82 Å². The molecule has 0 saturated heterocycles. The molecule has 24 heavy (non-hydrogen) atoms. The lowest BCUT2D eigenvalue weighted by Gasteiger charge is -2.02. The Bertz CT molecular complexity index is 898. The summed E-state index contributed by atoms with van der Waals surface area (Å²) >= 11 is 17.6. The molecule has 0 amide bonds. The minimum absolute atomic E-state index is 0.106. The maximum atomic E-state index is 11.9. The molecule has 6 nitrogen and oxygen atoms in total. The maximum Gasteiger partial charge on any atom is 0.340 e. The standard InChI is InChI=1S/C15H8Cl3N3O3/c16-10-4-2-1-3-9(10)14-20-12(24-21-14)7-23-15(22)8-5-11(17)13(18)19-6-8/h1-6H,7H2. The van der Waals surface area contributed by atoms with Gasteiger partial charge in [0.1, 0.15) is 5.15 Å². The molecule has 0 unspecified atom stereocenters. The summed E-state index contributed by atoms with van der Waals surface area (Å²) < 4.78 is 10.1. The summed E-state index contributed by atoms with van der Waals surface area (Å²) in [5, 5.41) is 4.56. The quantitative estimate of drug-likeness (QED) is 0.488. The van der Waals surface area contributed by atoms with Crippen LogP contribution < -0.4 is 0 Å². The third-order valence-corrected chi connectivity index (χ3v) is 3.96. The van der Waals surface area contributed by atoms with Crippen LogP contribution in [0.4, 0.5) is 0 Å². The molecule has 0 aliphatic rings. The molecule has 0 radical (unpaired) electrons. The zero-order valence-corrected chi connectivity index (χ0v) is 14.1. The SMILES string of the molecule is O=C(OCc1nc(-c2ccccc2Cl)no1)c1cnc(Cl)c(Cl)c1. The van der Waals surface area contributed by atoms with Crippen LogP contribution in [0.3, 0.4) is 0 Å². The van der Waals surface area contributed by atoms with Crippen molar-refractivity contribution in [3.63, 3.8) is 0 Å². The van der Waals surface area contributed by atoms with E-state index in [-0.39, 0.29) is 28.2 Å². The first-order valence-corrected chi connectivity index (χ1v) is 7.73. The monoisotopic (exact) mass is 383 g/mol. The van der Waals surface area contributed by atoms with Gasteiger partial charge in [-0.15, -0.1) is 0 Å². The topological polar surface area (TPSA) is 78.1 Å². The third kappa shape index (κ3) is 3.67. The Morgan fingerprint density at radius 2 is 1.96 bits per heavy atom. The van der Waals surface area contributed by atoms with E-state index in [0.717, 1.165) is 0 Å². The van der Waals surface area contributed by atoms with Gasteiger partial charge < -0.3 is 9.26 Å². The van der Waals surface area contributed by atoms with Crippen LogP contribution in [0.1, 0.15) is 16.2 Å². The van der Waals surface area contributed by atoms with Gasteiger partial charge in [-0.1, -0.05) is 52.1 Å². The highest BCUT2D eigenvalue weighted by Crippen LogP contribution is 2.25. The lowest BCUT2D eigenvalue weighted by molar-refractivity contribution is 0.0429. The van der Waals surface area contributed by atoms with Gasteiger partial charge in [-0.2, -0.15) is 4.98 Å². The molecular formula is C15H8Cl3N3O3. The molecule has 2 aromatic heterocycles. The van der Waals surface area contributed by atoms with Crippen LogP contribution in [0.5, 0.6) is 0 Å². The van der Waals surface area contributed by atoms with Crippen LogP contribution in [0.15, 0.2) is 41.1 Å². The van der Waals surface area contributed by atoms with Crippen LogP contribution in [-0.4, -0.2) is 21.1 Å². The molecule has 122 valence electrons. The molecule has 0 atom stereocenters. The van der Waals surface area contributed by atoms with E-state index in [9.17, 15) is 4.79 Å². The van der Waals surface area contributed by atoms with Crippen molar-refractivity contribution < 1.29 is 14.1 Å². The van der Waals surface area contributed by atoms with Crippen molar-refractivity contribution in [1.82, 2.24) is 15.1 Å². The number of nitrogens with zero attached hydrogens (tertiary/aromatic N) is 3. The van der Waals surface area contributed by atoms with Gasteiger partial charge in [0.15, 0.2) is 6.61 Å². The molecule has 1 aromatic carbocycles. The fourth-order valence-corrected chi connectivity index (χ4v) is 2.30. The number of benzene rings is 1. The summed E-state index contributed by atoms with van der Waals surface area (Å²) in [6, 6.07) is 8.42. The van der Waals surface area contributed by atoms with Crippen LogP contribution >= 0.6 is 34.8 Å². The average Bonchev–Trinajstić information content (AvgIpc) is 3.04. The van der Waals surface area contributed by atoms with Crippen molar-refractivity contribution in [1.29, 1.82) is 0 Å². The Labute approximate surface area is 151 Å². The first-order chi connectivity index (χ1) is 11.5. The number of carbonyl (C=O) groups excluding carboxylic acids is 1. The lowest BCUT2D eigenvalue weighted by Crippen LogP contribution is -2.06. The van der Waals surface area contributed by atoms with Crippen LogP contribution in [0.2, 0.25) is 15.2 Å². The highest BCUT2D eigenvalue weighted by atomic mass is 35.5. The zero-order valence-electron chi connectivity index (χ0n) is 11.9. The minimum atomic E-state index is -0.640. The zero-order chi connectivity index (χ0) is 17.1. The molecule has 2 heterocycles. The number of ether oxygens (including phenoxy) is 1. The van der Waals surface area contributed by atoms with Gasteiger partial charge in [-0.05, 0) is 18.2 Å². The van der Waals surface area contributed by atoms with E-state index >= 15 is 0 Å². The molecule has 0 aliphatic carbocycles. The van der Waals surface area contributed by atoms with E-state index in [4.69, 9.17) is 44.1 Å². The second-order valence-corrected chi connectivity index (χ2v) is 5.74. The number of rotatable bonds is 4. The molecular weight excluding hydrogens is 377 g/mol. The summed E-state index contributed by atoms with van der Waals surface area (Å²) in [7, 11) is 0. The molecule has 9 heteroatoms. The van der Waals surface area contributed by atoms with Crippen LogP contribution in [-0.2, 0) is 11.3 Å². The van der Waals surface area contributed by atoms with E-state index in [1.807, 2.05) is 0 Å². The maximum absolute atomic E-state index is 11.9. The Hall–Kier alpha value is -2.15. The van der Waals surface area contributed by atoms with Crippen molar-refractivity contribution >= 4 is 40.8 Å². The number of aromatic nitrogens is 3. The second-order valence-electron chi connectivity index (χ2n) is 4.56. The summed E-state index contributed by atoms with van der Waals surface area (Å²) in [5.74, 6) is -0.201. The van der Waals surface area contributed by atoms with E-state index in [1.54, 1.807) is 24.3 Å². The molecule has 0 saturated carbocycles. The smallest absolute Gasteiger partial charge is 0.340 e.